The molecule has 1 saturated carbocycles. The lowest BCUT2D eigenvalue weighted by Crippen LogP contribution is -2.52. The van der Waals surface area contributed by atoms with Crippen molar-refractivity contribution in [2.24, 2.45) is 0 Å². The minimum absolute atomic E-state index is 0.00984. The van der Waals surface area contributed by atoms with Gasteiger partial charge in [0.25, 0.3) is 5.91 Å². The average Bonchev–Trinajstić information content (AvgIpc) is 2.97. The van der Waals surface area contributed by atoms with E-state index in [4.69, 9.17) is 14.2 Å². The molecule has 2 aliphatic rings. The lowest BCUT2D eigenvalue weighted by atomic mass is 9.94. The lowest BCUT2D eigenvalue weighted by Gasteiger charge is -2.36. The second-order valence-electron chi connectivity index (χ2n) is 9.84. The Morgan fingerprint density at radius 2 is 1.67 bits per heavy atom. The minimum atomic E-state index is -1.00. The number of carbonyl (C=O) groups excluding carboxylic acids is 2. The van der Waals surface area contributed by atoms with Crippen molar-refractivity contribution in [2.75, 3.05) is 18.1 Å². The molecule has 3 aromatic rings. The molecule has 2 unspecified atom stereocenters. The highest BCUT2D eigenvalue weighted by Crippen LogP contribution is 2.35. The SMILES string of the molecule is CCOc1ccc(N(C(=O)C2COc3ccccc3O2)C(C(=O)NC2CCCCC2)c2ccc(O)cc2)cc1. The molecule has 0 saturated heterocycles. The second kappa shape index (κ2) is 12.1. The maximum Gasteiger partial charge on any atom is 0.272 e. The molecule has 0 bridgehead atoms. The van der Waals surface area contributed by atoms with Gasteiger partial charge in [-0.2, -0.15) is 0 Å². The fourth-order valence-corrected chi connectivity index (χ4v) is 5.17. The van der Waals surface area contributed by atoms with E-state index in [0.29, 0.717) is 35.1 Å². The standard InChI is InChI=1S/C31H34N2O6/c1-2-37-25-18-14-23(15-19-25)33(31(36)28-20-38-26-10-6-7-11-27(26)39-28)29(21-12-16-24(34)17-13-21)30(35)32-22-8-4-3-5-9-22/h6-7,10-19,22,28-29,34H,2-5,8-9,20H2,1H3,(H,32,35). The Bertz CT molecular complexity index is 1270. The molecule has 5 rings (SSSR count). The number of hydrogen-bond acceptors (Lipinski definition) is 6. The number of rotatable bonds is 8. The molecule has 8 nitrogen and oxygen atoms in total. The Kier molecular flexibility index (Phi) is 8.20. The van der Waals surface area contributed by atoms with E-state index < -0.39 is 18.1 Å². The number of hydrogen-bond donors (Lipinski definition) is 2. The highest BCUT2D eigenvalue weighted by atomic mass is 16.6. The monoisotopic (exact) mass is 530 g/mol. The normalized spacial score (nSPS) is 17.6. The van der Waals surface area contributed by atoms with Crippen LogP contribution >= 0.6 is 0 Å². The Labute approximate surface area is 228 Å². The summed E-state index contributed by atoms with van der Waals surface area (Å²) in [7, 11) is 0. The van der Waals surface area contributed by atoms with Gasteiger partial charge in [-0.1, -0.05) is 43.5 Å². The Morgan fingerprint density at radius 1 is 0.974 bits per heavy atom. The summed E-state index contributed by atoms with van der Waals surface area (Å²) >= 11 is 0. The van der Waals surface area contributed by atoms with Crippen molar-refractivity contribution in [3.8, 4) is 23.0 Å². The smallest absolute Gasteiger partial charge is 0.272 e. The molecule has 2 amide bonds. The first-order valence-corrected chi connectivity index (χ1v) is 13.6. The molecule has 0 spiro atoms. The quantitative estimate of drug-likeness (QED) is 0.418. The largest absolute Gasteiger partial charge is 0.508 e. The van der Waals surface area contributed by atoms with Crippen LogP contribution in [0.25, 0.3) is 0 Å². The Morgan fingerprint density at radius 3 is 2.36 bits per heavy atom. The molecule has 1 fully saturated rings. The van der Waals surface area contributed by atoms with Gasteiger partial charge in [-0.05, 0) is 73.9 Å². The zero-order valence-electron chi connectivity index (χ0n) is 22.0. The molecule has 1 aliphatic carbocycles. The van der Waals surface area contributed by atoms with Crippen LogP contribution in [0.3, 0.4) is 0 Å². The van der Waals surface area contributed by atoms with Crippen molar-refractivity contribution in [1.82, 2.24) is 5.32 Å². The predicted molar refractivity (Wildman–Crippen MR) is 147 cm³/mol. The fourth-order valence-electron chi connectivity index (χ4n) is 5.17. The highest BCUT2D eigenvalue weighted by Gasteiger charge is 2.39. The van der Waals surface area contributed by atoms with Gasteiger partial charge in [-0.3, -0.25) is 14.5 Å². The van der Waals surface area contributed by atoms with Crippen LogP contribution in [-0.4, -0.2) is 42.3 Å². The minimum Gasteiger partial charge on any atom is -0.508 e. The lowest BCUT2D eigenvalue weighted by molar-refractivity contribution is -0.132. The summed E-state index contributed by atoms with van der Waals surface area (Å²) in [5, 5.41) is 13.1. The van der Waals surface area contributed by atoms with Crippen molar-refractivity contribution in [3.05, 3.63) is 78.4 Å². The number of aromatic hydroxyl groups is 1. The number of ether oxygens (including phenoxy) is 3. The zero-order valence-corrected chi connectivity index (χ0v) is 22.0. The van der Waals surface area contributed by atoms with Crippen molar-refractivity contribution in [3.63, 3.8) is 0 Å². The molecule has 8 heteroatoms. The number of nitrogens with one attached hydrogen (secondary N) is 1. The van der Waals surface area contributed by atoms with E-state index in [-0.39, 0.29) is 24.3 Å². The summed E-state index contributed by atoms with van der Waals surface area (Å²) in [5.41, 5.74) is 1.09. The summed E-state index contributed by atoms with van der Waals surface area (Å²) in [6, 6.07) is 19.7. The number of carbonyl (C=O) groups is 2. The van der Waals surface area contributed by atoms with Gasteiger partial charge < -0.3 is 24.6 Å². The van der Waals surface area contributed by atoms with Crippen LogP contribution in [0.5, 0.6) is 23.0 Å². The van der Waals surface area contributed by atoms with Gasteiger partial charge in [0.05, 0.1) is 6.61 Å². The number of benzene rings is 3. The second-order valence-corrected chi connectivity index (χ2v) is 9.84. The molecule has 3 aromatic carbocycles. The number of amides is 2. The van der Waals surface area contributed by atoms with E-state index in [9.17, 15) is 14.7 Å². The first kappa shape index (κ1) is 26.4. The number of nitrogens with zero attached hydrogens (tertiary/aromatic N) is 1. The molecule has 1 heterocycles. The van der Waals surface area contributed by atoms with Gasteiger partial charge in [-0.25, -0.2) is 0 Å². The molecule has 0 radical (unpaired) electrons. The molecule has 39 heavy (non-hydrogen) atoms. The number of phenols is 1. The molecular weight excluding hydrogens is 496 g/mol. The molecule has 1 aliphatic heterocycles. The van der Waals surface area contributed by atoms with Gasteiger partial charge in [0, 0.05) is 11.7 Å². The third-order valence-corrected chi connectivity index (χ3v) is 7.11. The maximum atomic E-state index is 14.3. The first-order chi connectivity index (χ1) is 19.0. The van der Waals surface area contributed by atoms with E-state index in [1.807, 2.05) is 19.1 Å². The van der Waals surface area contributed by atoms with Crippen molar-refractivity contribution in [2.45, 2.75) is 57.2 Å². The summed E-state index contributed by atoms with van der Waals surface area (Å²) < 4.78 is 17.5. The van der Waals surface area contributed by atoms with Crippen molar-refractivity contribution in [1.29, 1.82) is 0 Å². The molecule has 204 valence electrons. The van der Waals surface area contributed by atoms with Gasteiger partial charge in [-0.15, -0.1) is 0 Å². The summed E-state index contributed by atoms with van der Waals surface area (Å²) in [6.45, 7) is 2.42. The Hall–Kier alpha value is -4.20. The molecule has 2 N–H and O–H groups in total. The van der Waals surface area contributed by atoms with Crippen LogP contribution in [-0.2, 0) is 9.59 Å². The van der Waals surface area contributed by atoms with Gasteiger partial charge >= 0.3 is 0 Å². The molecular formula is C31H34N2O6. The number of fused-ring (bicyclic) bond motifs is 1. The van der Waals surface area contributed by atoms with Gasteiger partial charge in [0.2, 0.25) is 12.0 Å². The van der Waals surface area contributed by atoms with Crippen LogP contribution in [0.1, 0.15) is 50.6 Å². The van der Waals surface area contributed by atoms with Crippen LogP contribution in [0.4, 0.5) is 5.69 Å². The van der Waals surface area contributed by atoms with Gasteiger partial charge in [0.15, 0.2) is 11.5 Å². The molecule has 0 aromatic heterocycles. The van der Waals surface area contributed by atoms with Crippen LogP contribution < -0.4 is 24.4 Å². The molecule has 2 atom stereocenters. The maximum absolute atomic E-state index is 14.3. The van der Waals surface area contributed by atoms with Gasteiger partial charge in [0.1, 0.15) is 24.1 Å². The third kappa shape index (κ3) is 6.11. The number of phenolic OH excluding ortho intramolecular Hbond substituents is 1. The fraction of sp³-hybridized carbons (Fsp3) is 0.355. The van der Waals surface area contributed by atoms with Crippen LogP contribution in [0.15, 0.2) is 72.8 Å². The Balaban J connectivity index is 1.54. The zero-order chi connectivity index (χ0) is 27.2. The van der Waals surface area contributed by atoms with Crippen molar-refractivity contribution >= 4 is 17.5 Å². The van der Waals surface area contributed by atoms with Crippen LogP contribution in [0.2, 0.25) is 0 Å². The topological polar surface area (TPSA) is 97.3 Å². The summed E-state index contributed by atoms with van der Waals surface area (Å²) in [6.07, 6.45) is 4.12. The third-order valence-electron chi connectivity index (χ3n) is 7.11. The van der Waals surface area contributed by atoms with E-state index in [1.165, 1.54) is 17.0 Å². The first-order valence-electron chi connectivity index (χ1n) is 13.6. The van der Waals surface area contributed by atoms with E-state index in [2.05, 4.69) is 5.32 Å². The predicted octanol–water partition coefficient (Wildman–Crippen LogP) is 5.15. The number of anilines is 1. The van der Waals surface area contributed by atoms with Crippen molar-refractivity contribution < 1.29 is 28.9 Å². The van der Waals surface area contributed by atoms with Crippen LogP contribution in [0, 0.1) is 0 Å². The van der Waals surface area contributed by atoms with E-state index in [0.717, 1.165) is 32.1 Å². The average molecular weight is 531 g/mol. The highest BCUT2D eigenvalue weighted by molar-refractivity contribution is 6.03. The summed E-state index contributed by atoms with van der Waals surface area (Å²) in [5.74, 6) is 1.08. The number of para-hydroxylation sites is 2. The van der Waals surface area contributed by atoms with E-state index in [1.54, 1.807) is 48.5 Å². The summed E-state index contributed by atoms with van der Waals surface area (Å²) in [4.78, 5) is 29.7. The van der Waals surface area contributed by atoms with E-state index >= 15 is 0 Å².